The molecule has 5 heteroatoms. The predicted molar refractivity (Wildman–Crippen MR) is 88.0 cm³/mol. The third-order valence-electron chi connectivity index (χ3n) is 3.07. The molecule has 0 unspecified atom stereocenters. The lowest BCUT2D eigenvalue weighted by Gasteiger charge is -2.06. The predicted octanol–water partition coefficient (Wildman–Crippen LogP) is 2.96. The van der Waals surface area contributed by atoms with E-state index in [4.69, 9.17) is 6.42 Å². The summed E-state index contributed by atoms with van der Waals surface area (Å²) in [7, 11) is 0. The Bertz CT molecular complexity index is 813. The second-order valence-corrected chi connectivity index (χ2v) is 5.47. The van der Waals surface area contributed by atoms with Gasteiger partial charge in [0.25, 0.3) is 5.91 Å². The summed E-state index contributed by atoms with van der Waals surface area (Å²) in [4.78, 5) is 13.3. The van der Waals surface area contributed by atoms with Crippen molar-refractivity contribution < 1.29 is 4.79 Å². The number of terminal acetylenes is 1. The molecular formula is C17H13N3OS. The third-order valence-corrected chi connectivity index (χ3v) is 3.96. The number of rotatable bonds is 4. The molecule has 0 saturated carbocycles. The molecule has 2 aromatic heterocycles. The average molecular weight is 307 g/mol. The number of nitrogens with one attached hydrogen (secondary N) is 1. The van der Waals surface area contributed by atoms with E-state index in [1.807, 2.05) is 47.8 Å². The van der Waals surface area contributed by atoms with Gasteiger partial charge in [-0.1, -0.05) is 30.2 Å². The number of amides is 1. The van der Waals surface area contributed by atoms with Crippen LogP contribution in [-0.2, 0) is 0 Å². The molecule has 0 aliphatic carbocycles. The van der Waals surface area contributed by atoms with Crippen LogP contribution >= 0.6 is 11.3 Å². The van der Waals surface area contributed by atoms with Crippen LogP contribution in [0.4, 0.5) is 0 Å². The molecule has 0 saturated heterocycles. The largest absolute Gasteiger partial charge is 0.340 e. The summed E-state index contributed by atoms with van der Waals surface area (Å²) < 4.78 is 1.64. The number of carbonyl (C=O) groups excluding carboxylic acids is 1. The van der Waals surface area contributed by atoms with Gasteiger partial charge in [-0.15, -0.1) is 17.8 Å². The highest BCUT2D eigenvalue weighted by atomic mass is 32.1. The summed E-state index contributed by atoms with van der Waals surface area (Å²) in [6, 6.07) is 15.3. The fourth-order valence-electron chi connectivity index (χ4n) is 2.08. The summed E-state index contributed by atoms with van der Waals surface area (Å²) in [5, 5.41) is 9.23. The molecule has 2 heterocycles. The number of nitrogens with zero attached hydrogens (tertiary/aromatic N) is 2. The Morgan fingerprint density at radius 3 is 2.77 bits per heavy atom. The first kappa shape index (κ1) is 14.1. The van der Waals surface area contributed by atoms with Crippen molar-refractivity contribution in [2.24, 2.45) is 0 Å². The van der Waals surface area contributed by atoms with Gasteiger partial charge in [0.2, 0.25) is 0 Å². The standard InChI is InChI=1S/C17H13N3OS/c1-2-10-18-17(21)15-12-14(16-9-6-11-22-16)19-20(15)13-7-4-3-5-8-13/h1,3-9,11-12H,10H2,(H,18,21). The number of aromatic nitrogens is 2. The van der Waals surface area contributed by atoms with Crippen molar-refractivity contribution in [2.75, 3.05) is 6.54 Å². The van der Waals surface area contributed by atoms with E-state index in [-0.39, 0.29) is 12.5 Å². The molecule has 0 radical (unpaired) electrons. The number of hydrogen-bond donors (Lipinski definition) is 1. The highest BCUT2D eigenvalue weighted by Crippen LogP contribution is 2.25. The van der Waals surface area contributed by atoms with Gasteiger partial charge in [-0.25, -0.2) is 4.68 Å². The van der Waals surface area contributed by atoms with E-state index in [1.165, 1.54) is 0 Å². The van der Waals surface area contributed by atoms with E-state index in [2.05, 4.69) is 16.3 Å². The van der Waals surface area contributed by atoms with Crippen molar-refractivity contribution in [3.63, 3.8) is 0 Å². The number of benzene rings is 1. The van der Waals surface area contributed by atoms with Gasteiger partial charge < -0.3 is 5.32 Å². The zero-order valence-electron chi connectivity index (χ0n) is 11.7. The fourth-order valence-corrected chi connectivity index (χ4v) is 2.76. The van der Waals surface area contributed by atoms with E-state index >= 15 is 0 Å². The van der Waals surface area contributed by atoms with E-state index < -0.39 is 0 Å². The normalized spacial score (nSPS) is 10.1. The smallest absolute Gasteiger partial charge is 0.270 e. The lowest BCUT2D eigenvalue weighted by Crippen LogP contribution is -2.26. The van der Waals surface area contributed by atoms with E-state index in [0.29, 0.717) is 5.69 Å². The first-order valence-electron chi connectivity index (χ1n) is 6.70. The second-order valence-electron chi connectivity index (χ2n) is 4.53. The van der Waals surface area contributed by atoms with Crippen molar-refractivity contribution >= 4 is 17.2 Å². The lowest BCUT2D eigenvalue weighted by molar-refractivity contribution is 0.0951. The molecule has 3 rings (SSSR count). The van der Waals surface area contributed by atoms with Gasteiger partial charge >= 0.3 is 0 Å². The molecule has 1 aromatic carbocycles. The van der Waals surface area contributed by atoms with Crippen LogP contribution in [-0.4, -0.2) is 22.2 Å². The van der Waals surface area contributed by atoms with Gasteiger partial charge in [0.1, 0.15) is 11.4 Å². The van der Waals surface area contributed by atoms with Crippen LogP contribution in [0.25, 0.3) is 16.3 Å². The molecule has 1 amide bonds. The van der Waals surface area contributed by atoms with Crippen LogP contribution in [0.2, 0.25) is 0 Å². The van der Waals surface area contributed by atoms with Crippen LogP contribution in [0, 0.1) is 12.3 Å². The van der Waals surface area contributed by atoms with Gasteiger partial charge in [-0.3, -0.25) is 4.79 Å². The van der Waals surface area contributed by atoms with Gasteiger partial charge in [0, 0.05) is 0 Å². The van der Waals surface area contributed by atoms with Crippen molar-refractivity contribution in [2.45, 2.75) is 0 Å². The Balaban J connectivity index is 2.06. The van der Waals surface area contributed by atoms with Crippen LogP contribution in [0.5, 0.6) is 0 Å². The van der Waals surface area contributed by atoms with Gasteiger partial charge in [0.05, 0.1) is 17.1 Å². The van der Waals surface area contributed by atoms with E-state index in [9.17, 15) is 4.79 Å². The SMILES string of the molecule is C#CCNC(=O)c1cc(-c2cccs2)nn1-c1ccccc1. The Morgan fingerprint density at radius 2 is 2.09 bits per heavy atom. The first-order valence-corrected chi connectivity index (χ1v) is 7.58. The lowest BCUT2D eigenvalue weighted by atomic mass is 10.3. The van der Waals surface area contributed by atoms with E-state index in [0.717, 1.165) is 16.3 Å². The summed E-state index contributed by atoms with van der Waals surface area (Å²) in [5.74, 6) is 2.16. The van der Waals surface area contributed by atoms with E-state index in [1.54, 1.807) is 22.1 Å². The topological polar surface area (TPSA) is 46.9 Å². The molecule has 22 heavy (non-hydrogen) atoms. The average Bonchev–Trinajstić information content (AvgIpc) is 3.22. The van der Waals surface area contributed by atoms with Crippen molar-refractivity contribution in [3.05, 3.63) is 59.6 Å². The summed E-state index contributed by atoms with van der Waals surface area (Å²) >= 11 is 1.58. The molecule has 3 aromatic rings. The minimum absolute atomic E-state index is 0.188. The molecule has 0 fully saturated rings. The quantitative estimate of drug-likeness (QED) is 0.753. The minimum Gasteiger partial charge on any atom is -0.340 e. The summed E-state index contributed by atoms with van der Waals surface area (Å²) in [6.45, 7) is 0.188. The molecule has 0 aliphatic heterocycles. The molecule has 4 nitrogen and oxygen atoms in total. The maximum absolute atomic E-state index is 12.3. The van der Waals surface area contributed by atoms with Crippen LogP contribution < -0.4 is 5.32 Å². The fraction of sp³-hybridized carbons (Fsp3) is 0.0588. The maximum atomic E-state index is 12.3. The summed E-state index contributed by atoms with van der Waals surface area (Å²) in [6.07, 6.45) is 5.20. The molecule has 0 spiro atoms. The van der Waals surface area contributed by atoms with Gasteiger partial charge in [-0.05, 0) is 29.6 Å². The molecule has 108 valence electrons. The maximum Gasteiger partial charge on any atom is 0.270 e. The molecular weight excluding hydrogens is 294 g/mol. The Morgan fingerprint density at radius 1 is 1.27 bits per heavy atom. The summed E-state index contributed by atoms with van der Waals surface area (Å²) in [5.41, 5.74) is 2.06. The molecule has 1 N–H and O–H groups in total. The Labute approximate surface area is 132 Å². The Kier molecular flexibility index (Phi) is 4.03. The van der Waals surface area contributed by atoms with Crippen molar-refractivity contribution in [1.29, 1.82) is 0 Å². The molecule has 0 bridgehead atoms. The monoisotopic (exact) mass is 307 g/mol. The highest BCUT2D eigenvalue weighted by Gasteiger charge is 2.17. The number of carbonyl (C=O) groups is 1. The third kappa shape index (κ3) is 2.78. The van der Waals surface area contributed by atoms with Crippen molar-refractivity contribution in [1.82, 2.24) is 15.1 Å². The molecule has 0 atom stereocenters. The Hall–Kier alpha value is -2.84. The van der Waals surface area contributed by atoms with Crippen molar-refractivity contribution in [3.8, 4) is 28.6 Å². The van der Waals surface area contributed by atoms with Crippen LogP contribution in [0.3, 0.4) is 0 Å². The van der Waals surface area contributed by atoms with Gasteiger partial charge in [0.15, 0.2) is 0 Å². The number of hydrogen-bond acceptors (Lipinski definition) is 3. The van der Waals surface area contributed by atoms with Crippen LogP contribution in [0.1, 0.15) is 10.5 Å². The van der Waals surface area contributed by atoms with Gasteiger partial charge in [-0.2, -0.15) is 5.10 Å². The molecule has 0 aliphatic rings. The number of para-hydroxylation sites is 1. The van der Waals surface area contributed by atoms with Crippen LogP contribution in [0.15, 0.2) is 53.9 Å². The second kappa shape index (κ2) is 6.29. The zero-order valence-corrected chi connectivity index (χ0v) is 12.5. The first-order chi connectivity index (χ1) is 10.8. The minimum atomic E-state index is -0.239. The highest BCUT2D eigenvalue weighted by molar-refractivity contribution is 7.13. The zero-order chi connectivity index (χ0) is 15.4. The number of thiophene rings is 1.